The fourth-order valence-corrected chi connectivity index (χ4v) is 2.15. The van der Waals surface area contributed by atoms with Gasteiger partial charge in [0.15, 0.2) is 0 Å². The number of aryl methyl sites for hydroxylation is 2. The molecule has 0 amide bonds. The predicted octanol–water partition coefficient (Wildman–Crippen LogP) is 0.466. The Balaban J connectivity index is 2.48. The van der Waals surface area contributed by atoms with E-state index in [1.165, 1.54) is 4.68 Å². The molecule has 0 aliphatic carbocycles. The van der Waals surface area contributed by atoms with Gasteiger partial charge in [0.2, 0.25) is 5.16 Å². The molecule has 0 spiro atoms. The van der Waals surface area contributed by atoms with Crippen LogP contribution in [-0.2, 0) is 7.05 Å². The van der Waals surface area contributed by atoms with E-state index in [9.17, 15) is 9.90 Å². The van der Waals surface area contributed by atoms with Gasteiger partial charge in [-0.25, -0.2) is 9.48 Å². The van der Waals surface area contributed by atoms with Crippen LogP contribution >= 0.6 is 11.8 Å². The van der Waals surface area contributed by atoms with Crippen LogP contribution < -0.4 is 0 Å². The lowest BCUT2D eigenvalue weighted by molar-refractivity contribution is 0.0690. The standard InChI is InChI=1S/C9H10N6O2S/c1-4-5(2)10-11-7(6(4)8(16)17)18-9-12-13-14-15(9)3/h1-3H3,(H,16,17). The number of carbonyl (C=O) groups is 1. The van der Waals surface area contributed by atoms with Gasteiger partial charge in [-0.15, -0.1) is 10.2 Å². The monoisotopic (exact) mass is 266 g/mol. The van der Waals surface area contributed by atoms with Crippen LogP contribution in [0.4, 0.5) is 0 Å². The fraction of sp³-hybridized carbons (Fsp3) is 0.333. The lowest BCUT2D eigenvalue weighted by Gasteiger charge is -2.07. The predicted molar refractivity (Wildman–Crippen MR) is 61.4 cm³/mol. The first-order valence-corrected chi connectivity index (χ1v) is 5.79. The van der Waals surface area contributed by atoms with Gasteiger partial charge in [0.25, 0.3) is 0 Å². The lowest BCUT2D eigenvalue weighted by Crippen LogP contribution is -2.08. The number of aromatic carboxylic acids is 1. The van der Waals surface area contributed by atoms with Crippen LogP contribution in [-0.4, -0.2) is 41.5 Å². The van der Waals surface area contributed by atoms with E-state index < -0.39 is 5.97 Å². The molecule has 2 rings (SSSR count). The first-order valence-electron chi connectivity index (χ1n) is 4.98. The van der Waals surface area contributed by atoms with Gasteiger partial charge in [-0.1, -0.05) is 0 Å². The summed E-state index contributed by atoms with van der Waals surface area (Å²) in [7, 11) is 1.66. The third kappa shape index (κ3) is 2.16. The highest BCUT2D eigenvalue weighted by Crippen LogP contribution is 2.28. The van der Waals surface area contributed by atoms with Crippen LogP contribution in [0.15, 0.2) is 10.2 Å². The van der Waals surface area contributed by atoms with Crippen molar-refractivity contribution < 1.29 is 9.90 Å². The Morgan fingerprint density at radius 1 is 1.28 bits per heavy atom. The summed E-state index contributed by atoms with van der Waals surface area (Å²) in [5.41, 5.74) is 1.32. The quantitative estimate of drug-likeness (QED) is 0.854. The molecule has 8 nitrogen and oxygen atoms in total. The maximum absolute atomic E-state index is 11.3. The Hall–Kier alpha value is -2.03. The van der Waals surface area contributed by atoms with Crippen molar-refractivity contribution in [2.75, 3.05) is 0 Å². The Morgan fingerprint density at radius 2 is 2.00 bits per heavy atom. The molecular weight excluding hydrogens is 256 g/mol. The highest BCUT2D eigenvalue weighted by molar-refractivity contribution is 7.99. The smallest absolute Gasteiger partial charge is 0.338 e. The summed E-state index contributed by atoms with van der Waals surface area (Å²) in [6.45, 7) is 3.42. The van der Waals surface area contributed by atoms with Gasteiger partial charge in [-0.05, 0) is 41.6 Å². The average molecular weight is 266 g/mol. The van der Waals surface area contributed by atoms with Crippen LogP contribution in [0, 0.1) is 13.8 Å². The molecule has 9 heteroatoms. The zero-order valence-corrected chi connectivity index (χ0v) is 10.8. The molecule has 18 heavy (non-hydrogen) atoms. The third-order valence-electron chi connectivity index (χ3n) is 2.41. The van der Waals surface area contributed by atoms with E-state index in [1.807, 2.05) is 0 Å². The molecule has 0 saturated carbocycles. The number of carboxylic acids is 1. The van der Waals surface area contributed by atoms with E-state index in [4.69, 9.17) is 0 Å². The molecule has 0 saturated heterocycles. The number of aromatic nitrogens is 6. The summed E-state index contributed by atoms with van der Waals surface area (Å²) in [6.07, 6.45) is 0. The van der Waals surface area contributed by atoms with Crippen molar-refractivity contribution in [3.05, 3.63) is 16.8 Å². The maximum atomic E-state index is 11.3. The first kappa shape index (κ1) is 12.4. The van der Waals surface area contributed by atoms with Gasteiger partial charge >= 0.3 is 5.97 Å². The van der Waals surface area contributed by atoms with Crippen molar-refractivity contribution in [3.63, 3.8) is 0 Å². The molecule has 1 N–H and O–H groups in total. The molecule has 0 bridgehead atoms. The van der Waals surface area contributed by atoms with Crippen molar-refractivity contribution in [2.45, 2.75) is 24.0 Å². The molecule has 0 aliphatic heterocycles. The number of nitrogens with zero attached hydrogens (tertiary/aromatic N) is 6. The molecule has 0 atom stereocenters. The Bertz CT molecular complexity index is 611. The number of hydrogen-bond donors (Lipinski definition) is 1. The first-order chi connectivity index (χ1) is 8.50. The highest BCUT2D eigenvalue weighted by atomic mass is 32.2. The molecule has 2 aromatic heterocycles. The van der Waals surface area contributed by atoms with Gasteiger partial charge in [-0.3, -0.25) is 0 Å². The third-order valence-corrected chi connectivity index (χ3v) is 3.41. The van der Waals surface area contributed by atoms with Gasteiger partial charge in [0.05, 0.1) is 11.3 Å². The van der Waals surface area contributed by atoms with E-state index in [0.717, 1.165) is 11.8 Å². The molecule has 2 aromatic rings. The summed E-state index contributed by atoms with van der Waals surface area (Å²) in [5.74, 6) is -1.04. The van der Waals surface area contributed by atoms with Gasteiger partial charge in [-0.2, -0.15) is 5.10 Å². The van der Waals surface area contributed by atoms with E-state index in [2.05, 4.69) is 25.7 Å². The normalized spacial score (nSPS) is 10.6. The molecule has 0 unspecified atom stereocenters. The summed E-state index contributed by atoms with van der Waals surface area (Å²) < 4.78 is 1.44. The van der Waals surface area contributed by atoms with Crippen molar-refractivity contribution in [3.8, 4) is 0 Å². The Morgan fingerprint density at radius 3 is 2.56 bits per heavy atom. The minimum absolute atomic E-state index is 0.135. The SMILES string of the molecule is Cc1nnc(Sc2nnnn2C)c(C(=O)O)c1C. The Kier molecular flexibility index (Phi) is 3.24. The molecule has 0 aliphatic rings. The lowest BCUT2D eigenvalue weighted by atomic mass is 10.1. The van der Waals surface area contributed by atoms with Crippen LogP contribution in [0.25, 0.3) is 0 Å². The van der Waals surface area contributed by atoms with E-state index in [-0.39, 0.29) is 10.6 Å². The number of hydrogen-bond acceptors (Lipinski definition) is 7. The number of rotatable bonds is 3. The summed E-state index contributed by atoms with van der Waals surface area (Å²) in [4.78, 5) is 11.3. The Labute approximate surface area is 106 Å². The van der Waals surface area contributed by atoms with E-state index in [0.29, 0.717) is 16.4 Å². The van der Waals surface area contributed by atoms with E-state index in [1.54, 1.807) is 20.9 Å². The van der Waals surface area contributed by atoms with Gasteiger partial charge in [0, 0.05) is 7.05 Å². The van der Waals surface area contributed by atoms with Crippen molar-refractivity contribution in [1.29, 1.82) is 0 Å². The minimum Gasteiger partial charge on any atom is -0.478 e. The summed E-state index contributed by atoms with van der Waals surface area (Å²) in [5, 5.41) is 28.7. The largest absolute Gasteiger partial charge is 0.478 e. The number of carboxylic acid groups (broad SMARTS) is 1. The molecule has 0 fully saturated rings. The summed E-state index contributed by atoms with van der Waals surface area (Å²) >= 11 is 1.07. The fourth-order valence-electron chi connectivity index (χ4n) is 1.30. The van der Waals surface area contributed by atoms with Crippen molar-refractivity contribution >= 4 is 17.7 Å². The topological polar surface area (TPSA) is 107 Å². The molecule has 94 valence electrons. The number of tetrazole rings is 1. The van der Waals surface area contributed by atoms with Crippen LogP contribution in [0.5, 0.6) is 0 Å². The second-order valence-electron chi connectivity index (χ2n) is 3.58. The van der Waals surface area contributed by atoms with E-state index >= 15 is 0 Å². The molecule has 0 aromatic carbocycles. The van der Waals surface area contributed by atoms with Crippen LogP contribution in [0.2, 0.25) is 0 Å². The van der Waals surface area contributed by atoms with Gasteiger partial charge in [0.1, 0.15) is 5.03 Å². The highest BCUT2D eigenvalue weighted by Gasteiger charge is 2.20. The van der Waals surface area contributed by atoms with Gasteiger partial charge < -0.3 is 5.11 Å². The minimum atomic E-state index is -1.04. The van der Waals surface area contributed by atoms with Crippen LogP contribution in [0.3, 0.4) is 0 Å². The molecular formula is C9H10N6O2S. The second kappa shape index (κ2) is 4.69. The van der Waals surface area contributed by atoms with Crippen molar-refractivity contribution in [2.24, 2.45) is 7.05 Å². The van der Waals surface area contributed by atoms with Crippen LogP contribution in [0.1, 0.15) is 21.6 Å². The molecule has 0 radical (unpaired) electrons. The second-order valence-corrected chi connectivity index (χ2v) is 4.54. The summed E-state index contributed by atoms with van der Waals surface area (Å²) in [6, 6.07) is 0. The zero-order valence-electron chi connectivity index (χ0n) is 9.95. The van der Waals surface area contributed by atoms with Crippen molar-refractivity contribution in [1.82, 2.24) is 30.4 Å². The maximum Gasteiger partial charge on any atom is 0.338 e. The zero-order chi connectivity index (χ0) is 13.3. The average Bonchev–Trinajstić information content (AvgIpc) is 2.69. The molecule has 2 heterocycles.